The van der Waals surface area contributed by atoms with Crippen molar-refractivity contribution in [2.45, 2.75) is 20.0 Å². The first-order valence-corrected chi connectivity index (χ1v) is 6.33. The SMILES string of the molecule is CCOC(=O)c1cnn2cc(Cl)cc2c1[C@H](C)OC. The standard InChI is InChI=1S/C13H15ClN2O3/c1-4-19-13(17)10-6-15-16-7-9(14)5-11(16)12(10)8(2)18-3/h5-8H,4H2,1-3H3/t8-/m0/s1. The van der Waals surface area contributed by atoms with E-state index < -0.39 is 5.97 Å². The Morgan fingerprint density at radius 3 is 2.95 bits per heavy atom. The second-order valence-electron chi connectivity index (χ2n) is 4.06. The predicted octanol–water partition coefficient (Wildman–Crippen LogP) is 2.87. The summed E-state index contributed by atoms with van der Waals surface area (Å²) in [6, 6.07) is 1.75. The normalized spacial score (nSPS) is 12.6. The lowest BCUT2D eigenvalue weighted by molar-refractivity contribution is 0.0515. The van der Waals surface area contributed by atoms with E-state index in [0.29, 0.717) is 17.2 Å². The van der Waals surface area contributed by atoms with Crippen molar-refractivity contribution < 1.29 is 14.3 Å². The minimum atomic E-state index is -0.409. The fraction of sp³-hybridized carbons (Fsp3) is 0.385. The molecule has 2 heterocycles. The zero-order chi connectivity index (χ0) is 14.0. The highest BCUT2D eigenvalue weighted by Gasteiger charge is 2.21. The molecule has 0 aromatic carbocycles. The van der Waals surface area contributed by atoms with Crippen LogP contribution in [0.5, 0.6) is 0 Å². The number of rotatable bonds is 4. The van der Waals surface area contributed by atoms with E-state index >= 15 is 0 Å². The van der Waals surface area contributed by atoms with Gasteiger partial charge in [0, 0.05) is 18.9 Å². The van der Waals surface area contributed by atoms with Crippen LogP contribution in [-0.2, 0) is 9.47 Å². The highest BCUT2D eigenvalue weighted by Crippen LogP contribution is 2.28. The molecular weight excluding hydrogens is 268 g/mol. The molecule has 2 aromatic heterocycles. The van der Waals surface area contributed by atoms with E-state index in [-0.39, 0.29) is 6.10 Å². The van der Waals surface area contributed by atoms with Crippen LogP contribution in [0.25, 0.3) is 5.52 Å². The van der Waals surface area contributed by atoms with Gasteiger partial charge in [-0.2, -0.15) is 5.10 Å². The molecule has 0 saturated heterocycles. The summed E-state index contributed by atoms with van der Waals surface area (Å²) in [5, 5.41) is 4.71. The summed E-state index contributed by atoms with van der Waals surface area (Å²) < 4.78 is 12.0. The van der Waals surface area contributed by atoms with E-state index in [0.717, 1.165) is 11.1 Å². The number of halogens is 1. The molecule has 0 fully saturated rings. The van der Waals surface area contributed by atoms with Gasteiger partial charge in [-0.05, 0) is 19.9 Å². The minimum Gasteiger partial charge on any atom is -0.462 e. The van der Waals surface area contributed by atoms with Crippen LogP contribution in [-0.4, -0.2) is 29.3 Å². The number of hydrogen-bond acceptors (Lipinski definition) is 4. The average molecular weight is 283 g/mol. The molecule has 19 heavy (non-hydrogen) atoms. The lowest BCUT2D eigenvalue weighted by atomic mass is 10.1. The Hall–Kier alpha value is -1.59. The molecule has 0 bridgehead atoms. The summed E-state index contributed by atoms with van der Waals surface area (Å²) in [7, 11) is 1.58. The highest BCUT2D eigenvalue weighted by atomic mass is 35.5. The van der Waals surface area contributed by atoms with Gasteiger partial charge in [0.05, 0.1) is 35.0 Å². The molecule has 0 unspecified atom stereocenters. The van der Waals surface area contributed by atoms with Gasteiger partial charge in [-0.1, -0.05) is 11.6 Å². The van der Waals surface area contributed by atoms with Gasteiger partial charge in [-0.15, -0.1) is 0 Å². The Labute approximate surface area is 116 Å². The van der Waals surface area contributed by atoms with Crippen molar-refractivity contribution in [1.82, 2.24) is 9.61 Å². The number of carbonyl (C=O) groups excluding carboxylic acids is 1. The maximum Gasteiger partial charge on any atom is 0.340 e. The Morgan fingerprint density at radius 2 is 2.32 bits per heavy atom. The molecule has 0 aliphatic carbocycles. The summed E-state index contributed by atoms with van der Waals surface area (Å²) in [6.45, 7) is 3.93. The van der Waals surface area contributed by atoms with Crippen LogP contribution in [0.1, 0.15) is 35.9 Å². The first-order valence-electron chi connectivity index (χ1n) is 5.95. The third kappa shape index (κ3) is 2.57. The van der Waals surface area contributed by atoms with E-state index in [9.17, 15) is 4.79 Å². The van der Waals surface area contributed by atoms with Crippen LogP contribution >= 0.6 is 11.6 Å². The first kappa shape index (κ1) is 13.8. The topological polar surface area (TPSA) is 52.8 Å². The van der Waals surface area contributed by atoms with E-state index in [4.69, 9.17) is 21.1 Å². The highest BCUT2D eigenvalue weighted by molar-refractivity contribution is 6.31. The molecule has 0 saturated carbocycles. The van der Waals surface area contributed by atoms with Crippen LogP contribution in [0.4, 0.5) is 0 Å². The number of esters is 1. The van der Waals surface area contributed by atoms with Gasteiger partial charge in [-0.25, -0.2) is 9.31 Å². The molecule has 0 aliphatic rings. The molecule has 5 nitrogen and oxygen atoms in total. The molecule has 0 aliphatic heterocycles. The fourth-order valence-corrected chi connectivity index (χ4v) is 2.16. The Balaban J connectivity index is 2.65. The fourth-order valence-electron chi connectivity index (χ4n) is 1.96. The second-order valence-corrected chi connectivity index (χ2v) is 4.49. The third-order valence-electron chi connectivity index (χ3n) is 2.90. The van der Waals surface area contributed by atoms with Gasteiger partial charge < -0.3 is 9.47 Å². The smallest absolute Gasteiger partial charge is 0.340 e. The Kier molecular flexibility index (Phi) is 4.07. The molecule has 6 heteroatoms. The van der Waals surface area contributed by atoms with Gasteiger partial charge in [0.2, 0.25) is 0 Å². The molecule has 0 amide bonds. The summed E-state index contributed by atoms with van der Waals surface area (Å²) in [5.41, 5.74) is 1.87. The van der Waals surface area contributed by atoms with Crippen LogP contribution in [0.15, 0.2) is 18.5 Å². The lowest BCUT2D eigenvalue weighted by Gasteiger charge is -2.15. The lowest BCUT2D eigenvalue weighted by Crippen LogP contribution is -2.13. The van der Waals surface area contributed by atoms with Crippen molar-refractivity contribution >= 4 is 23.1 Å². The van der Waals surface area contributed by atoms with Crippen LogP contribution in [0.3, 0.4) is 0 Å². The van der Waals surface area contributed by atoms with Gasteiger partial charge in [0.15, 0.2) is 0 Å². The van der Waals surface area contributed by atoms with Crippen molar-refractivity contribution in [1.29, 1.82) is 0 Å². The van der Waals surface area contributed by atoms with E-state index in [1.165, 1.54) is 6.20 Å². The van der Waals surface area contributed by atoms with Crippen LogP contribution < -0.4 is 0 Å². The number of carbonyl (C=O) groups is 1. The number of fused-ring (bicyclic) bond motifs is 1. The zero-order valence-electron chi connectivity index (χ0n) is 11.0. The van der Waals surface area contributed by atoms with Crippen molar-refractivity contribution in [3.05, 3.63) is 34.6 Å². The number of nitrogens with zero attached hydrogens (tertiary/aromatic N) is 2. The molecule has 1 atom stereocenters. The largest absolute Gasteiger partial charge is 0.462 e. The number of methoxy groups -OCH3 is 1. The molecule has 102 valence electrons. The Morgan fingerprint density at radius 1 is 1.58 bits per heavy atom. The van der Waals surface area contributed by atoms with Crippen LogP contribution in [0, 0.1) is 0 Å². The number of ether oxygens (including phenoxy) is 2. The van der Waals surface area contributed by atoms with Gasteiger partial charge in [0.1, 0.15) is 0 Å². The second kappa shape index (κ2) is 5.59. The first-order chi connectivity index (χ1) is 9.08. The summed E-state index contributed by atoms with van der Waals surface area (Å²) in [4.78, 5) is 12.0. The molecule has 0 spiro atoms. The van der Waals surface area contributed by atoms with E-state index in [1.54, 1.807) is 30.8 Å². The molecule has 0 N–H and O–H groups in total. The van der Waals surface area contributed by atoms with Gasteiger partial charge in [0.25, 0.3) is 0 Å². The van der Waals surface area contributed by atoms with Gasteiger partial charge >= 0.3 is 5.97 Å². The van der Waals surface area contributed by atoms with Crippen LogP contribution in [0.2, 0.25) is 5.02 Å². The molecule has 2 rings (SSSR count). The third-order valence-corrected chi connectivity index (χ3v) is 3.11. The summed E-state index contributed by atoms with van der Waals surface area (Å²) >= 11 is 5.98. The number of aromatic nitrogens is 2. The van der Waals surface area contributed by atoms with E-state index in [1.807, 2.05) is 6.92 Å². The maximum absolute atomic E-state index is 12.0. The molecule has 0 radical (unpaired) electrons. The zero-order valence-corrected chi connectivity index (χ0v) is 11.8. The summed E-state index contributed by atoms with van der Waals surface area (Å²) in [6.07, 6.45) is 2.89. The van der Waals surface area contributed by atoms with Crippen molar-refractivity contribution in [3.63, 3.8) is 0 Å². The van der Waals surface area contributed by atoms with Crippen molar-refractivity contribution in [2.24, 2.45) is 0 Å². The number of hydrogen-bond donors (Lipinski definition) is 0. The average Bonchev–Trinajstić information content (AvgIpc) is 2.77. The maximum atomic E-state index is 12.0. The van der Waals surface area contributed by atoms with Gasteiger partial charge in [-0.3, -0.25) is 0 Å². The van der Waals surface area contributed by atoms with Crippen molar-refractivity contribution in [3.8, 4) is 0 Å². The quantitative estimate of drug-likeness (QED) is 0.809. The van der Waals surface area contributed by atoms with E-state index in [2.05, 4.69) is 5.10 Å². The minimum absolute atomic E-state index is 0.268. The predicted molar refractivity (Wildman–Crippen MR) is 71.6 cm³/mol. The molecule has 2 aromatic rings. The Bertz CT molecular complexity index is 609. The van der Waals surface area contributed by atoms with Crippen molar-refractivity contribution in [2.75, 3.05) is 13.7 Å². The summed E-state index contributed by atoms with van der Waals surface area (Å²) in [5.74, 6) is -0.409. The molecular formula is C13H15ClN2O3. The monoisotopic (exact) mass is 282 g/mol.